The van der Waals surface area contributed by atoms with Gasteiger partial charge in [-0.1, -0.05) is 6.07 Å². The number of aryl methyl sites for hydroxylation is 1. The van der Waals surface area contributed by atoms with Gasteiger partial charge >= 0.3 is 0 Å². The lowest BCUT2D eigenvalue weighted by molar-refractivity contribution is 0.598. The third kappa shape index (κ3) is 3.17. The zero-order valence-corrected chi connectivity index (χ0v) is 12.0. The third-order valence-electron chi connectivity index (χ3n) is 2.76. The Labute approximate surface area is 117 Å². The average molecular weight is 297 g/mol. The molecule has 2 aromatic rings. The van der Waals surface area contributed by atoms with Gasteiger partial charge in [-0.2, -0.15) is 0 Å². The molecule has 0 aliphatic rings. The van der Waals surface area contributed by atoms with E-state index >= 15 is 0 Å². The molecule has 0 spiro atoms. The summed E-state index contributed by atoms with van der Waals surface area (Å²) in [6.45, 7) is 2.26. The molecule has 0 amide bonds. The molecule has 0 atom stereocenters. The van der Waals surface area contributed by atoms with Gasteiger partial charge in [0, 0.05) is 18.4 Å². The Bertz CT molecular complexity index is 710. The van der Waals surface area contributed by atoms with E-state index in [0.29, 0.717) is 6.54 Å². The number of anilines is 1. The molecule has 0 aliphatic carbocycles. The molecule has 1 aromatic carbocycles. The average Bonchev–Trinajstić information content (AvgIpc) is 2.83. The lowest BCUT2D eigenvalue weighted by Gasteiger charge is -2.07. The second-order valence-electron chi connectivity index (χ2n) is 4.48. The zero-order valence-electron chi connectivity index (χ0n) is 11.2. The predicted octanol–water partition coefficient (Wildman–Crippen LogP) is 1.98. The van der Waals surface area contributed by atoms with Crippen LogP contribution in [0.25, 0.3) is 0 Å². The van der Waals surface area contributed by atoms with E-state index < -0.39 is 15.8 Å². The Morgan fingerprint density at radius 3 is 2.70 bits per heavy atom. The van der Waals surface area contributed by atoms with Gasteiger partial charge in [0.2, 0.25) is 0 Å². The van der Waals surface area contributed by atoms with Crippen molar-refractivity contribution < 1.29 is 12.8 Å². The first kappa shape index (κ1) is 14.5. The highest BCUT2D eigenvalue weighted by molar-refractivity contribution is 7.92. The van der Waals surface area contributed by atoms with Crippen molar-refractivity contribution >= 4 is 15.7 Å². The monoisotopic (exact) mass is 297 g/mol. The Hall–Kier alpha value is -1.86. The fraction of sp³-hybridized carbons (Fsp3) is 0.231. The molecule has 3 N–H and O–H groups in total. The maximum Gasteiger partial charge on any atom is 0.263 e. The molecule has 108 valence electrons. The molecular formula is C13H16FN3O2S. The summed E-state index contributed by atoms with van der Waals surface area (Å²) in [5.74, 6) is -0.598. The van der Waals surface area contributed by atoms with Crippen molar-refractivity contribution in [3.63, 3.8) is 0 Å². The summed E-state index contributed by atoms with van der Waals surface area (Å²) in [5.41, 5.74) is 1.40. The minimum absolute atomic E-state index is 0.0630. The Balaban J connectivity index is 2.26. The predicted molar refractivity (Wildman–Crippen MR) is 75.5 cm³/mol. The van der Waals surface area contributed by atoms with Crippen molar-refractivity contribution in [3.8, 4) is 0 Å². The van der Waals surface area contributed by atoms with Crippen LogP contribution in [0.5, 0.6) is 0 Å². The summed E-state index contributed by atoms with van der Waals surface area (Å²) in [5, 5.41) is 2.91. The summed E-state index contributed by atoms with van der Waals surface area (Å²) in [7, 11) is -2.04. The van der Waals surface area contributed by atoms with E-state index in [1.165, 1.54) is 24.4 Å². The van der Waals surface area contributed by atoms with Crippen molar-refractivity contribution in [2.45, 2.75) is 18.4 Å². The molecule has 0 saturated carbocycles. The van der Waals surface area contributed by atoms with Gasteiger partial charge in [0.25, 0.3) is 10.0 Å². The van der Waals surface area contributed by atoms with Gasteiger partial charge in [0.1, 0.15) is 10.7 Å². The first-order chi connectivity index (χ1) is 9.42. The van der Waals surface area contributed by atoms with E-state index in [-0.39, 0.29) is 10.6 Å². The van der Waals surface area contributed by atoms with E-state index in [2.05, 4.69) is 15.0 Å². The molecule has 1 aromatic heterocycles. The van der Waals surface area contributed by atoms with Crippen molar-refractivity contribution in [2.24, 2.45) is 0 Å². The Morgan fingerprint density at radius 2 is 2.05 bits per heavy atom. The van der Waals surface area contributed by atoms with E-state index in [4.69, 9.17) is 0 Å². The molecule has 2 rings (SSSR count). The van der Waals surface area contributed by atoms with Crippen molar-refractivity contribution in [2.75, 3.05) is 11.8 Å². The van der Waals surface area contributed by atoms with E-state index in [1.54, 1.807) is 20.0 Å². The minimum Gasteiger partial charge on any atom is -0.363 e. The maximum atomic E-state index is 13.7. The Morgan fingerprint density at radius 1 is 1.30 bits per heavy atom. The molecule has 0 radical (unpaired) electrons. The number of halogens is 1. The molecule has 0 bridgehead atoms. The number of benzene rings is 1. The van der Waals surface area contributed by atoms with Crippen LogP contribution in [0.1, 0.15) is 11.3 Å². The lowest BCUT2D eigenvalue weighted by atomic mass is 10.2. The highest BCUT2D eigenvalue weighted by Gasteiger charge is 2.17. The number of hydrogen-bond donors (Lipinski definition) is 3. The summed E-state index contributed by atoms with van der Waals surface area (Å²) in [4.78, 5) is 2.92. The van der Waals surface area contributed by atoms with Gasteiger partial charge in [0.05, 0.1) is 5.69 Å². The number of rotatable bonds is 5. The van der Waals surface area contributed by atoms with Crippen LogP contribution in [0.3, 0.4) is 0 Å². The van der Waals surface area contributed by atoms with Crippen LogP contribution >= 0.6 is 0 Å². The van der Waals surface area contributed by atoms with Crippen LogP contribution in [0.15, 0.2) is 35.4 Å². The number of aromatic amines is 1. The molecule has 1 heterocycles. The number of aromatic nitrogens is 1. The highest BCUT2D eigenvalue weighted by atomic mass is 32.2. The van der Waals surface area contributed by atoms with Crippen LogP contribution in [0.2, 0.25) is 0 Å². The third-order valence-corrected chi connectivity index (χ3v) is 4.11. The first-order valence-corrected chi connectivity index (χ1v) is 7.51. The Kier molecular flexibility index (Phi) is 4.10. The van der Waals surface area contributed by atoms with Crippen molar-refractivity contribution in [1.82, 2.24) is 10.3 Å². The fourth-order valence-corrected chi connectivity index (χ4v) is 2.86. The largest absolute Gasteiger partial charge is 0.363 e. The minimum atomic E-state index is -3.80. The maximum absolute atomic E-state index is 13.7. The van der Waals surface area contributed by atoms with Crippen LogP contribution in [-0.2, 0) is 16.6 Å². The topological polar surface area (TPSA) is 74.0 Å². The second kappa shape index (κ2) is 5.64. The van der Waals surface area contributed by atoms with Gasteiger partial charge in [-0.05, 0) is 37.7 Å². The number of sulfonamides is 1. The number of nitrogens with one attached hydrogen (secondary N) is 3. The zero-order chi connectivity index (χ0) is 14.8. The second-order valence-corrected chi connectivity index (χ2v) is 6.16. The van der Waals surface area contributed by atoms with Gasteiger partial charge in [-0.3, -0.25) is 4.72 Å². The quantitative estimate of drug-likeness (QED) is 0.790. The van der Waals surface area contributed by atoms with E-state index in [9.17, 15) is 12.8 Å². The van der Waals surface area contributed by atoms with Gasteiger partial charge in [0.15, 0.2) is 0 Å². The molecular weight excluding hydrogens is 281 g/mol. The number of H-pyrrole nitrogens is 1. The van der Waals surface area contributed by atoms with Crippen molar-refractivity contribution in [3.05, 3.63) is 47.5 Å². The normalized spacial score (nSPS) is 11.6. The molecule has 7 heteroatoms. The van der Waals surface area contributed by atoms with Crippen molar-refractivity contribution in [1.29, 1.82) is 0 Å². The van der Waals surface area contributed by atoms with Crippen LogP contribution in [-0.4, -0.2) is 20.4 Å². The van der Waals surface area contributed by atoms with Gasteiger partial charge in [-0.25, -0.2) is 12.8 Å². The number of hydrogen-bond acceptors (Lipinski definition) is 3. The van der Waals surface area contributed by atoms with E-state index in [0.717, 1.165) is 11.3 Å². The summed E-state index contributed by atoms with van der Waals surface area (Å²) in [6, 6.07) is 5.83. The van der Waals surface area contributed by atoms with Crippen LogP contribution in [0, 0.1) is 12.7 Å². The summed E-state index contributed by atoms with van der Waals surface area (Å²) >= 11 is 0. The molecule has 0 aliphatic heterocycles. The van der Waals surface area contributed by atoms with Crippen LogP contribution < -0.4 is 10.0 Å². The molecule has 20 heavy (non-hydrogen) atoms. The first-order valence-electron chi connectivity index (χ1n) is 6.03. The smallest absolute Gasteiger partial charge is 0.263 e. The molecule has 0 unspecified atom stereocenters. The molecule has 0 fully saturated rings. The standard InChI is InChI=1S/C13H16FN3O2S/c1-9-3-4-13(12(14)5-9)17-20(18,19)11-6-10(7-15-2)16-8-11/h3-6,8,15-17H,7H2,1-2H3. The molecule has 0 saturated heterocycles. The summed E-state index contributed by atoms with van der Waals surface area (Å²) < 4.78 is 40.2. The molecule has 5 nitrogen and oxygen atoms in total. The summed E-state index contributed by atoms with van der Waals surface area (Å²) in [6.07, 6.45) is 1.38. The van der Waals surface area contributed by atoms with Gasteiger partial charge in [-0.15, -0.1) is 0 Å². The van der Waals surface area contributed by atoms with Gasteiger partial charge < -0.3 is 10.3 Å². The highest BCUT2D eigenvalue weighted by Crippen LogP contribution is 2.20. The SMILES string of the molecule is CNCc1cc(S(=O)(=O)Nc2ccc(C)cc2F)c[nH]1. The van der Waals surface area contributed by atoms with E-state index in [1.807, 2.05) is 0 Å². The lowest BCUT2D eigenvalue weighted by Crippen LogP contribution is -2.13. The van der Waals surface area contributed by atoms with Crippen LogP contribution in [0.4, 0.5) is 10.1 Å². The fourth-order valence-electron chi connectivity index (χ4n) is 1.77.